The van der Waals surface area contributed by atoms with Gasteiger partial charge in [-0.05, 0) is 62.1 Å². The van der Waals surface area contributed by atoms with E-state index in [9.17, 15) is 0 Å². The van der Waals surface area contributed by atoms with Crippen LogP contribution in [0.2, 0.25) is 0 Å². The topological polar surface area (TPSA) is 38.0 Å². The molecule has 0 unspecified atom stereocenters. The zero-order valence-corrected chi connectivity index (χ0v) is 11.5. The lowest BCUT2D eigenvalue weighted by molar-refractivity contribution is 1.31. The average molecular weight is 240 g/mol. The molecule has 0 atom stereocenters. The molecule has 0 aliphatic heterocycles. The summed E-state index contributed by atoms with van der Waals surface area (Å²) in [6.45, 7) is 8.31. The van der Waals surface area contributed by atoms with Crippen molar-refractivity contribution < 1.29 is 0 Å². The summed E-state index contributed by atoms with van der Waals surface area (Å²) in [6.07, 6.45) is 0. The molecule has 2 heteroatoms. The minimum atomic E-state index is 0.871. The molecule has 2 rings (SSSR count). The molecular weight excluding hydrogens is 220 g/mol. The average Bonchev–Trinajstić information content (AvgIpc) is 2.32. The first kappa shape index (κ1) is 12.5. The zero-order valence-electron chi connectivity index (χ0n) is 11.5. The lowest BCUT2D eigenvalue weighted by atomic mass is 10.0. The normalized spacial score (nSPS) is 10.4. The van der Waals surface area contributed by atoms with E-state index >= 15 is 0 Å². The second-order valence-corrected chi connectivity index (χ2v) is 4.92. The van der Waals surface area contributed by atoms with Gasteiger partial charge in [0.25, 0.3) is 0 Å². The van der Waals surface area contributed by atoms with Gasteiger partial charge in [0.1, 0.15) is 0 Å². The molecule has 0 spiro atoms. The van der Waals surface area contributed by atoms with Crippen LogP contribution in [0, 0.1) is 27.7 Å². The fourth-order valence-electron chi connectivity index (χ4n) is 2.26. The first-order valence-corrected chi connectivity index (χ1v) is 6.19. The van der Waals surface area contributed by atoms with Crippen LogP contribution in [-0.4, -0.2) is 0 Å². The molecule has 2 aromatic carbocycles. The van der Waals surface area contributed by atoms with E-state index in [1.54, 1.807) is 0 Å². The number of nitrogen functional groups attached to an aromatic ring is 1. The Labute approximate surface area is 109 Å². The summed E-state index contributed by atoms with van der Waals surface area (Å²) in [6, 6.07) is 10.5. The lowest BCUT2D eigenvalue weighted by Gasteiger charge is -2.16. The predicted molar refractivity (Wildman–Crippen MR) is 79.5 cm³/mol. The van der Waals surface area contributed by atoms with Crippen molar-refractivity contribution in [1.82, 2.24) is 0 Å². The van der Waals surface area contributed by atoms with E-state index in [2.05, 4.69) is 56.4 Å². The fraction of sp³-hybridized carbons (Fsp3) is 0.250. The quantitative estimate of drug-likeness (QED) is 0.770. The predicted octanol–water partition coefficient (Wildman–Crippen LogP) is 4.25. The van der Waals surface area contributed by atoms with Crippen molar-refractivity contribution in [2.45, 2.75) is 27.7 Å². The van der Waals surface area contributed by atoms with E-state index in [0.717, 1.165) is 28.2 Å². The summed E-state index contributed by atoms with van der Waals surface area (Å²) in [7, 11) is 0. The Morgan fingerprint density at radius 3 is 2.33 bits per heavy atom. The minimum absolute atomic E-state index is 0.871. The fourth-order valence-corrected chi connectivity index (χ4v) is 2.26. The molecule has 2 nitrogen and oxygen atoms in total. The standard InChI is InChI=1S/C16H20N2/c1-10-6-5-7-14(8-10)18-16-12(3)9-11(2)15(17)13(16)4/h5-9,18H,17H2,1-4H3. The van der Waals surface area contributed by atoms with E-state index in [1.807, 2.05) is 6.92 Å². The second-order valence-electron chi connectivity index (χ2n) is 4.92. The molecule has 3 N–H and O–H groups in total. The third-order valence-corrected chi connectivity index (χ3v) is 3.32. The van der Waals surface area contributed by atoms with Gasteiger partial charge in [-0.25, -0.2) is 0 Å². The number of hydrogen-bond acceptors (Lipinski definition) is 2. The van der Waals surface area contributed by atoms with Crippen molar-refractivity contribution in [3.05, 3.63) is 52.6 Å². The maximum atomic E-state index is 6.10. The third kappa shape index (κ3) is 2.33. The molecule has 0 fully saturated rings. The van der Waals surface area contributed by atoms with Crippen LogP contribution in [0.1, 0.15) is 22.3 Å². The Hall–Kier alpha value is -1.96. The maximum absolute atomic E-state index is 6.10. The van der Waals surface area contributed by atoms with Crippen molar-refractivity contribution in [2.75, 3.05) is 11.1 Å². The van der Waals surface area contributed by atoms with Gasteiger partial charge in [-0.2, -0.15) is 0 Å². The number of anilines is 3. The van der Waals surface area contributed by atoms with Crippen LogP contribution >= 0.6 is 0 Å². The molecule has 2 aromatic rings. The molecule has 0 aromatic heterocycles. The summed E-state index contributed by atoms with van der Waals surface area (Å²) < 4.78 is 0. The van der Waals surface area contributed by atoms with Gasteiger partial charge < -0.3 is 11.1 Å². The molecule has 18 heavy (non-hydrogen) atoms. The summed E-state index contributed by atoms with van der Waals surface area (Å²) in [5, 5.41) is 3.47. The highest BCUT2D eigenvalue weighted by molar-refractivity contribution is 5.74. The zero-order chi connectivity index (χ0) is 13.3. The molecule has 0 heterocycles. The molecule has 0 amide bonds. The molecule has 0 aliphatic carbocycles. The van der Waals surface area contributed by atoms with Gasteiger partial charge in [-0.3, -0.25) is 0 Å². The Morgan fingerprint density at radius 1 is 0.944 bits per heavy atom. The van der Waals surface area contributed by atoms with Crippen LogP contribution in [0.25, 0.3) is 0 Å². The summed E-state index contributed by atoms with van der Waals surface area (Å²) in [5.41, 5.74) is 13.9. The van der Waals surface area contributed by atoms with E-state index < -0.39 is 0 Å². The van der Waals surface area contributed by atoms with Crippen molar-refractivity contribution in [1.29, 1.82) is 0 Å². The van der Waals surface area contributed by atoms with E-state index in [4.69, 9.17) is 5.73 Å². The van der Waals surface area contributed by atoms with Crippen LogP contribution in [0.15, 0.2) is 30.3 Å². The minimum Gasteiger partial charge on any atom is -0.398 e. The van der Waals surface area contributed by atoms with Crippen LogP contribution < -0.4 is 11.1 Å². The molecule has 0 radical (unpaired) electrons. The monoisotopic (exact) mass is 240 g/mol. The molecule has 0 aliphatic rings. The van der Waals surface area contributed by atoms with Gasteiger partial charge in [-0.1, -0.05) is 18.2 Å². The van der Waals surface area contributed by atoms with Gasteiger partial charge in [-0.15, -0.1) is 0 Å². The Morgan fingerprint density at radius 2 is 1.67 bits per heavy atom. The van der Waals surface area contributed by atoms with E-state index in [-0.39, 0.29) is 0 Å². The smallest absolute Gasteiger partial charge is 0.0464 e. The Kier molecular flexibility index (Phi) is 3.28. The van der Waals surface area contributed by atoms with Gasteiger partial charge in [0.2, 0.25) is 0 Å². The highest BCUT2D eigenvalue weighted by Gasteiger charge is 2.08. The number of nitrogens with two attached hydrogens (primary N) is 1. The Balaban J connectivity index is 2.44. The van der Waals surface area contributed by atoms with Crippen molar-refractivity contribution in [3.63, 3.8) is 0 Å². The van der Waals surface area contributed by atoms with Gasteiger partial charge >= 0.3 is 0 Å². The van der Waals surface area contributed by atoms with Crippen molar-refractivity contribution in [2.24, 2.45) is 0 Å². The summed E-state index contributed by atoms with van der Waals surface area (Å²) in [5.74, 6) is 0. The first-order chi connectivity index (χ1) is 8.49. The maximum Gasteiger partial charge on any atom is 0.0464 e. The largest absolute Gasteiger partial charge is 0.398 e. The highest BCUT2D eigenvalue weighted by Crippen LogP contribution is 2.31. The number of rotatable bonds is 2. The number of benzene rings is 2. The summed E-state index contributed by atoms with van der Waals surface area (Å²) in [4.78, 5) is 0. The molecule has 0 saturated carbocycles. The van der Waals surface area contributed by atoms with Gasteiger partial charge in [0, 0.05) is 17.1 Å². The number of aryl methyl sites for hydroxylation is 3. The molecule has 94 valence electrons. The van der Waals surface area contributed by atoms with E-state index in [1.165, 1.54) is 11.1 Å². The van der Waals surface area contributed by atoms with Crippen LogP contribution in [0.4, 0.5) is 17.1 Å². The van der Waals surface area contributed by atoms with Crippen molar-refractivity contribution >= 4 is 17.1 Å². The van der Waals surface area contributed by atoms with Crippen LogP contribution in [0.5, 0.6) is 0 Å². The molecule has 0 bridgehead atoms. The van der Waals surface area contributed by atoms with Gasteiger partial charge in [0.05, 0.1) is 0 Å². The van der Waals surface area contributed by atoms with Crippen molar-refractivity contribution in [3.8, 4) is 0 Å². The summed E-state index contributed by atoms with van der Waals surface area (Å²) >= 11 is 0. The Bertz CT molecular complexity index is 586. The second kappa shape index (κ2) is 4.73. The number of nitrogens with one attached hydrogen (secondary N) is 1. The third-order valence-electron chi connectivity index (χ3n) is 3.32. The molecular formula is C16H20N2. The SMILES string of the molecule is Cc1cccc(Nc2c(C)cc(C)c(N)c2C)c1. The lowest BCUT2D eigenvalue weighted by Crippen LogP contribution is -2.02. The molecule has 0 saturated heterocycles. The van der Waals surface area contributed by atoms with Crippen LogP contribution in [-0.2, 0) is 0 Å². The highest BCUT2D eigenvalue weighted by atomic mass is 14.9. The van der Waals surface area contributed by atoms with E-state index in [0.29, 0.717) is 0 Å². The van der Waals surface area contributed by atoms with Crippen LogP contribution in [0.3, 0.4) is 0 Å². The van der Waals surface area contributed by atoms with Gasteiger partial charge in [0.15, 0.2) is 0 Å². The number of hydrogen-bond donors (Lipinski definition) is 2. The first-order valence-electron chi connectivity index (χ1n) is 6.19.